The van der Waals surface area contributed by atoms with Gasteiger partial charge in [0, 0.05) is 18.1 Å². The van der Waals surface area contributed by atoms with E-state index in [4.69, 9.17) is 5.73 Å². The summed E-state index contributed by atoms with van der Waals surface area (Å²) in [5.74, 6) is 0.903. The third-order valence-electron chi connectivity index (χ3n) is 2.83. The lowest BCUT2D eigenvalue weighted by Gasteiger charge is -2.08. The van der Waals surface area contributed by atoms with E-state index in [0.29, 0.717) is 11.9 Å². The molecule has 3 rings (SSSR count). The summed E-state index contributed by atoms with van der Waals surface area (Å²) in [5, 5.41) is 7.23. The summed E-state index contributed by atoms with van der Waals surface area (Å²) < 4.78 is 1.53. The molecule has 0 aliphatic heterocycles. The normalized spacial score (nSPS) is 10.6. The molecule has 0 saturated heterocycles. The minimum Gasteiger partial charge on any atom is -0.368 e. The molecule has 7 nitrogen and oxygen atoms in total. The first-order valence-electron chi connectivity index (χ1n) is 6.47. The van der Waals surface area contributed by atoms with Crippen LogP contribution in [0.2, 0.25) is 0 Å². The average Bonchev–Trinajstić information content (AvgIpc) is 2.90. The number of benzene rings is 1. The molecule has 0 aliphatic rings. The van der Waals surface area contributed by atoms with E-state index in [9.17, 15) is 0 Å². The van der Waals surface area contributed by atoms with Crippen molar-refractivity contribution in [3.05, 3.63) is 47.8 Å². The molecule has 0 radical (unpaired) electrons. The molecule has 0 aliphatic carbocycles. The molecular weight excluding hydrogens is 266 g/mol. The lowest BCUT2D eigenvalue weighted by molar-refractivity contribution is 0.801. The SMILES string of the molecule is Cc1cc(C)cc(Nc2nc(N)nc(-n3cccn3)n2)c1. The maximum Gasteiger partial charge on any atom is 0.257 e. The van der Waals surface area contributed by atoms with Crippen LogP contribution in [0.25, 0.3) is 5.95 Å². The predicted octanol–water partition coefficient (Wildman–Crippen LogP) is 2.00. The molecule has 3 aromatic rings. The predicted molar refractivity (Wildman–Crippen MR) is 80.6 cm³/mol. The van der Waals surface area contributed by atoms with Gasteiger partial charge in [-0.05, 0) is 43.2 Å². The van der Waals surface area contributed by atoms with Gasteiger partial charge in [-0.1, -0.05) is 6.07 Å². The molecule has 106 valence electrons. The van der Waals surface area contributed by atoms with Gasteiger partial charge in [0.15, 0.2) is 0 Å². The first kappa shape index (κ1) is 13.0. The molecule has 1 aromatic carbocycles. The largest absolute Gasteiger partial charge is 0.368 e. The van der Waals surface area contributed by atoms with Crippen LogP contribution in [-0.2, 0) is 0 Å². The van der Waals surface area contributed by atoms with Gasteiger partial charge in [-0.15, -0.1) is 0 Å². The zero-order chi connectivity index (χ0) is 14.8. The highest BCUT2D eigenvalue weighted by Crippen LogP contribution is 2.18. The van der Waals surface area contributed by atoms with Crippen molar-refractivity contribution in [2.45, 2.75) is 13.8 Å². The molecule has 21 heavy (non-hydrogen) atoms. The zero-order valence-electron chi connectivity index (χ0n) is 11.8. The van der Waals surface area contributed by atoms with E-state index in [-0.39, 0.29) is 5.95 Å². The van der Waals surface area contributed by atoms with Gasteiger partial charge < -0.3 is 11.1 Å². The van der Waals surface area contributed by atoms with Crippen molar-refractivity contribution in [2.75, 3.05) is 11.1 Å². The molecule has 0 unspecified atom stereocenters. The van der Waals surface area contributed by atoms with Crippen molar-refractivity contribution in [3.8, 4) is 5.95 Å². The second-order valence-electron chi connectivity index (χ2n) is 4.77. The van der Waals surface area contributed by atoms with E-state index < -0.39 is 0 Å². The molecule has 0 spiro atoms. The average molecular weight is 281 g/mol. The van der Waals surface area contributed by atoms with Gasteiger partial charge in [-0.25, -0.2) is 4.68 Å². The Balaban J connectivity index is 1.95. The number of nitrogens with one attached hydrogen (secondary N) is 1. The Morgan fingerprint density at radius 2 is 1.81 bits per heavy atom. The number of rotatable bonds is 3. The summed E-state index contributed by atoms with van der Waals surface area (Å²) >= 11 is 0. The highest BCUT2D eigenvalue weighted by Gasteiger charge is 2.07. The highest BCUT2D eigenvalue weighted by molar-refractivity contribution is 5.56. The fraction of sp³-hybridized carbons (Fsp3) is 0.143. The van der Waals surface area contributed by atoms with Crippen LogP contribution in [-0.4, -0.2) is 24.7 Å². The van der Waals surface area contributed by atoms with E-state index in [1.165, 1.54) is 4.68 Å². The van der Waals surface area contributed by atoms with Crippen molar-refractivity contribution in [1.82, 2.24) is 24.7 Å². The topological polar surface area (TPSA) is 94.5 Å². The summed E-state index contributed by atoms with van der Waals surface area (Å²) in [6.07, 6.45) is 3.40. The molecule has 2 heterocycles. The van der Waals surface area contributed by atoms with Gasteiger partial charge in [0.05, 0.1) is 0 Å². The Morgan fingerprint density at radius 3 is 2.48 bits per heavy atom. The van der Waals surface area contributed by atoms with E-state index >= 15 is 0 Å². The van der Waals surface area contributed by atoms with Crippen LogP contribution in [0, 0.1) is 13.8 Å². The Hall–Kier alpha value is -2.96. The van der Waals surface area contributed by atoms with E-state index in [0.717, 1.165) is 16.8 Å². The van der Waals surface area contributed by atoms with Crippen molar-refractivity contribution >= 4 is 17.6 Å². The Kier molecular flexibility index (Phi) is 3.23. The van der Waals surface area contributed by atoms with Crippen molar-refractivity contribution in [1.29, 1.82) is 0 Å². The van der Waals surface area contributed by atoms with Crippen molar-refractivity contribution in [3.63, 3.8) is 0 Å². The molecule has 7 heteroatoms. The summed E-state index contributed by atoms with van der Waals surface area (Å²) in [4.78, 5) is 12.5. The van der Waals surface area contributed by atoms with Gasteiger partial charge in [-0.2, -0.15) is 20.1 Å². The minimum atomic E-state index is 0.141. The van der Waals surface area contributed by atoms with Gasteiger partial charge in [-0.3, -0.25) is 0 Å². The van der Waals surface area contributed by atoms with Gasteiger partial charge >= 0.3 is 0 Å². The second-order valence-corrected chi connectivity index (χ2v) is 4.77. The number of aryl methyl sites for hydroxylation is 2. The maximum absolute atomic E-state index is 5.74. The quantitative estimate of drug-likeness (QED) is 0.762. The van der Waals surface area contributed by atoms with Crippen molar-refractivity contribution < 1.29 is 0 Å². The third kappa shape index (κ3) is 2.97. The molecular formula is C14H15N7. The van der Waals surface area contributed by atoms with Crippen LogP contribution in [0.15, 0.2) is 36.7 Å². The van der Waals surface area contributed by atoms with Crippen molar-refractivity contribution in [2.24, 2.45) is 0 Å². The lowest BCUT2D eigenvalue weighted by Crippen LogP contribution is -2.09. The molecule has 2 aromatic heterocycles. The van der Waals surface area contributed by atoms with Crippen LogP contribution in [0.4, 0.5) is 17.6 Å². The number of anilines is 3. The van der Waals surface area contributed by atoms with Gasteiger partial charge in [0.2, 0.25) is 11.9 Å². The van der Waals surface area contributed by atoms with Crippen LogP contribution in [0.5, 0.6) is 0 Å². The minimum absolute atomic E-state index is 0.141. The number of nitrogens with zero attached hydrogens (tertiary/aromatic N) is 5. The maximum atomic E-state index is 5.74. The Morgan fingerprint density at radius 1 is 1.05 bits per heavy atom. The monoisotopic (exact) mass is 281 g/mol. The second kappa shape index (κ2) is 5.20. The molecule has 0 fully saturated rings. The molecule has 0 bridgehead atoms. The number of hydrogen-bond acceptors (Lipinski definition) is 6. The fourth-order valence-electron chi connectivity index (χ4n) is 2.10. The number of hydrogen-bond donors (Lipinski definition) is 2. The van der Waals surface area contributed by atoms with Gasteiger partial charge in [0.25, 0.3) is 5.95 Å². The third-order valence-corrected chi connectivity index (χ3v) is 2.83. The summed E-state index contributed by atoms with van der Waals surface area (Å²) in [6.45, 7) is 4.07. The zero-order valence-corrected chi connectivity index (χ0v) is 11.8. The number of nitrogens with two attached hydrogens (primary N) is 1. The molecule has 0 atom stereocenters. The Bertz CT molecular complexity index is 745. The van der Waals surface area contributed by atoms with Crippen LogP contribution in [0.1, 0.15) is 11.1 Å². The highest BCUT2D eigenvalue weighted by atomic mass is 15.4. The van der Waals surface area contributed by atoms with Crippen LogP contribution < -0.4 is 11.1 Å². The molecule has 0 saturated carbocycles. The van der Waals surface area contributed by atoms with Gasteiger partial charge in [0.1, 0.15) is 0 Å². The summed E-state index contributed by atoms with van der Waals surface area (Å²) in [7, 11) is 0. The van der Waals surface area contributed by atoms with E-state index in [2.05, 4.69) is 31.4 Å². The fourth-order valence-corrected chi connectivity index (χ4v) is 2.10. The van der Waals surface area contributed by atoms with Crippen LogP contribution in [0.3, 0.4) is 0 Å². The summed E-state index contributed by atoms with van der Waals surface area (Å²) in [5.41, 5.74) is 8.96. The first-order valence-corrected chi connectivity index (χ1v) is 6.47. The first-order chi connectivity index (χ1) is 10.1. The number of nitrogen functional groups attached to an aromatic ring is 1. The van der Waals surface area contributed by atoms with E-state index in [1.807, 2.05) is 26.0 Å². The Labute approximate surface area is 121 Å². The molecule has 3 N–H and O–H groups in total. The smallest absolute Gasteiger partial charge is 0.257 e. The number of aromatic nitrogens is 5. The lowest BCUT2D eigenvalue weighted by atomic mass is 10.1. The van der Waals surface area contributed by atoms with E-state index in [1.54, 1.807) is 18.5 Å². The van der Waals surface area contributed by atoms with Crippen LogP contribution >= 0.6 is 0 Å². The standard InChI is InChI=1S/C14H15N7/c1-9-6-10(2)8-11(7-9)17-13-18-12(15)19-14(20-13)21-5-3-4-16-21/h3-8H,1-2H3,(H3,15,17,18,19,20). The molecule has 0 amide bonds. The summed E-state index contributed by atoms with van der Waals surface area (Å²) in [6, 6.07) is 7.92.